The minimum Gasteiger partial charge on any atom is -0.385 e. The molecule has 1 saturated heterocycles. The first-order valence-electron chi connectivity index (χ1n) is 15.3. The van der Waals surface area contributed by atoms with E-state index < -0.39 is 11.7 Å². The van der Waals surface area contributed by atoms with Crippen molar-refractivity contribution in [1.82, 2.24) is 20.1 Å². The summed E-state index contributed by atoms with van der Waals surface area (Å²) in [5.41, 5.74) is 3.55. The molecule has 9 nitrogen and oxygen atoms in total. The number of carbonyl (C=O) groups is 1. The second-order valence-corrected chi connectivity index (χ2v) is 11.2. The lowest BCUT2D eigenvalue weighted by molar-refractivity contribution is -0.0920. The maximum atomic E-state index is 12.8. The van der Waals surface area contributed by atoms with E-state index in [1.165, 1.54) is 10.4 Å². The van der Waals surface area contributed by atoms with Gasteiger partial charge in [0, 0.05) is 58.1 Å². The van der Waals surface area contributed by atoms with E-state index in [0.29, 0.717) is 23.2 Å². The molecular formula is C35H39N5O4. The molecule has 0 radical (unpaired) electrons. The van der Waals surface area contributed by atoms with Gasteiger partial charge in [0.15, 0.2) is 5.72 Å². The Bertz CT molecular complexity index is 1560. The van der Waals surface area contributed by atoms with E-state index in [2.05, 4.69) is 74.7 Å². The largest absolute Gasteiger partial charge is 0.385 e. The van der Waals surface area contributed by atoms with Crippen LogP contribution in [0.25, 0.3) is 11.0 Å². The van der Waals surface area contributed by atoms with Crippen LogP contribution in [0.1, 0.15) is 41.1 Å². The highest BCUT2D eigenvalue weighted by Gasteiger charge is 2.37. The molecule has 2 aliphatic rings. The number of unbranched alkanes of at least 4 members (excludes halogenated alkanes) is 2. The minimum absolute atomic E-state index is 0.240. The number of piperazine rings is 1. The number of rotatable bonds is 12. The van der Waals surface area contributed by atoms with Crippen LogP contribution in [0.3, 0.4) is 0 Å². The molecular weight excluding hydrogens is 554 g/mol. The first kappa shape index (κ1) is 29.7. The van der Waals surface area contributed by atoms with Crippen LogP contribution in [0.5, 0.6) is 0 Å². The summed E-state index contributed by atoms with van der Waals surface area (Å²) in [6, 6.07) is 25.5. The molecule has 3 aromatic carbocycles. The third kappa shape index (κ3) is 6.75. The van der Waals surface area contributed by atoms with Gasteiger partial charge in [-0.3, -0.25) is 4.90 Å². The molecule has 0 saturated carbocycles. The second kappa shape index (κ2) is 14.0. The Morgan fingerprint density at radius 3 is 2.30 bits per heavy atom. The van der Waals surface area contributed by atoms with Gasteiger partial charge >= 0.3 is 5.97 Å². The van der Waals surface area contributed by atoms with Crippen molar-refractivity contribution in [3.8, 4) is 0 Å². The normalized spacial score (nSPS) is 20.3. The van der Waals surface area contributed by atoms with Crippen LogP contribution in [0, 0.1) is 0 Å². The zero-order chi connectivity index (χ0) is 30.2. The van der Waals surface area contributed by atoms with Crippen molar-refractivity contribution in [1.29, 1.82) is 0 Å². The van der Waals surface area contributed by atoms with Crippen LogP contribution in [0.15, 0.2) is 103 Å². The van der Waals surface area contributed by atoms with Gasteiger partial charge in [0.1, 0.15) is 11.0 Å². The Morgan fingerprint density at radius 1 is 0.841 bits per heavy atom. The lowest BCUT2D eigenvalue weighted by Gasteiger charge is -2.46. The second-order valence-electron chi connectivity index (χ2n) is 11.2. The molecule has 0 bridgehead atoms. The number of ether oxygens (including phenoxy) is 2. The first-order valence-corrected chi connectivity index (χ1v) is 15.3. The van der Waals surface area contributed by atoms with E-state index in [9.17, 15) is 4.79 Å². The highest BCUT2D eigenvalue weighted by Crippen LogP contribution is 2.33. The van der Waals surface area contributed by atoms with Gasteiger partial charge in [-0.05, 0) is 78.6 Å². The highest BCUT2D eigenvalue weighted by molar-refractivity contribution is 5.90. The molecule has 1 aliphatic carbocycles. The van der Waals surface area contributed by atoms with Gasteiger partial charge in [-0.1, -0.05) is 59.5 Å². The number of aromatic nitrogens is 3. The van der Waals surface area contributed by atoms with Crippen LogP contribution >= 0.6 is 0 Å². The molecule has 4 aromatic rings. The fourth-order valence-electron chi connectivity index (χ4n) is 5.83. The number of carbonyl (C=O) groups excluding carboxylic acids is 1. The number of benzene rings is 3. The topological polar surface area (TPSA) is 82.0 Å². The number of anilines is 1. The standard InChI is InChI=1S/C35H39N5O4/c1-42-26-8-3-9-27-43-35(20-18-29(19-21-35)28-10-4-2-5-11-28)39-24-22-38(23-25-39)31-16-14-30(15-17-31)34(41)44-40-33-13-7-6-12-32(33)36-37-40/h2,4-7,10-21,29H,3,8-9,22-27H2,1H3. The summed E-state index contributed by atoms with van der Waals surface area (Å²) >= 11 is 0. The molecule has 1 aliphatic heterocycles. The minimum atomic E-state index is -0.558. The summed E-state index contributed by atoms with van der Waals surface area (Å²) in [5.74, 6) is -0.243. The maximum Gasteiger partial charge on any atom is 0.365 e. The Balaban J connectivity index is 1.08. The van der Waals surface area contributed by atoms with Gasteiger partial charge < -0.3 is 19.2 Å². The number of methoxy groups -OCH3 is 1. The van der Waals surface area contributed by atoms with Crippen molar-refractivity contribution in [3.05, 3.63) is 114 Å². The van der Waals surface area contributed by atoms with Crippen molar-refractivity contribution >= 4 is 22.7 Å². The highest BCUT2D eigenvalue weighted by atomic mass is 16.7. The molecule has 1 aromatic heterocycles. The predicted octanol–water partition coefficient (Wildman–Crippen LogP) is 5.26. The number of hydrogen-bond acceptors (Lipinski definition) is 8. The average molecular weight is 594 g/mol. The monoisotopic (exact) mass is 593 g/mol. The first-order chi connectivity index (χ1) is 21.6. The van der Waals surface area contributed by atoms with Crippen LogP contribution in [-0.2, 0) is 9.47 Å². The van der Waals surface area contributed by atoms with Gasteiger partial charge in [-0.15, -0.1) is 5.10 Å². The molecule has 0 unspecified atom stereocenters. The molecule has 0 spiro atoms. The van der Waals surface area contributed by atoms with Crippen molar-refractivity contribution in [2.75, 3.05) is 51.4 Å². The summed E-state index contributed by atoms with van der Waals surface area (Å²) in [5, 5.41) is 7.98. The van der Waals surface area contributed by atoms with Gasteiger partial charge in [0.25, 0.3) is 0 Å². The molecule has 228 valence electrons. The number of para-hydroxylation sites is 1. The predicted molar refractivity (Wildman–Crippen MR) is 171 cm³/mol. The molecule has 1 fully saturated rings. The van der Waals surface area contributed by atoms with E-state index in [-0.39, 0.29) is 5.92 Å². The van der Waals surface area contributed by atoms with Gasteiger partial charge in [0.05, 0.1) is 5.56 Å². The summed E-state index contributed by atoms with van der Waals surface area (Å²) < 4.78 is 11.9. The van der Waals surface area contributed by atoms with Crippen molar-refractivity contribution in [2.24, 2.45) is 0 Å². The van der Waals surface area contributed by atoms with Crippen molar-refractivity contribution < 1.29 is 19.1 Å². The molecule has 0 atom stereocenters. The van der Waals surface area contributed by atoms with Crippen molar-refractivity contribution in [3.63, 3.8) is 0 Å². The third-order valence-corrected chi connectivity index (χ3v) is 8.33. The quantitative estimate of drug-likeness (QED) is 0.125. The van der Waals surface area contributed by atoms with E-state index in [1.54, 1.807) is 19.2 Å². The lowest BCUT2D eigenvalue weighted by Crippen LogP contribution is -2.57. The zero-order valence-corrected chi connectivity index (χ0v) is 25.1. The smallest absolute Gasteiger partial charge is 0.365 e. The van der Waals surface area contributed by atoms with E-state index in [4.69, 9.17) is 14.3 Å². The number of allylic oxidation sites excluding steroid dienone is 2. The average Bonchev–Trinajstić information content (AvgIpc) is 3.49. The van der Waals surface area contributed by atoms with Crippen LogP contribution in [0.2, 0.25) is 0 Å². The van der Waals surface area contributed by atoms with Gasteiger partial charge in [0.2, 0.25) is 0 Å². The fraction of sp³-hybridized carbons (Fsp3) is 0.343. The van der Waals surface area contributed by atoms with E-state index in [1.807, 2.05) is 36.4 Å². The summed E-state index contributed by atoms with van der Waals surface area (Å²) in [4.78, 5) is 24.2. The Morgan fingerprint density at radius 2 is 1.55 bits per heavy atom. The lowest BCUT2D eigenvalue weighted by atomic mass is 9.91. The number of nitrogens with zero attached hydrogens (tertiary/aromatic N) is 5. The van der Waals surface area contributed by atoms with Crippen LogP contribution in [-0.4, -0.2) is 78.3 Å². The van der Waals surface area contributed by atoms with Gasteiger partial charge in [-0.25, -0.2) is 4.79 Å². The summed E-state index contributed by atoms with van der Waals surface area (Å²) in [6.07, 6.45) is 12.1. The fourth-order valence-corrected chi connectivity index (χ4v) is 5.83. The molecule has 0 N–H and O–H groups in total. The maximum absolute atomic E-state index is 12.8. The van der Waals surface area contributed by atoms with Crippen LogP contribution < -0.4 is 9.74 Å². The molecule has 44 heavy (non-hydrogen) atoms. The Hall–Kier alpha value is -4.31. The SMILES string of the molecule is COCCCCCOC1(N2CCN(c3ccc(C(=O)On4nnc5ccccc54)cc3)CC2)C=CC(c2ccccc2)C=C1. The summed E-state index contributed by atoms with van der Waals surface area (Å²) in [7, 11) is 1.75. The summed E-state index contributed by atoms with van der Waals surface area (Å²) in [6.45, 7) is 4.85. The molecule has 9 heteroatoms. The Kier molecular flexibility index (Phi) is 9.45. The molecule has 2 heterocycles. The van der Waals surface area contributed by atoms with E-state index in [0.717, 1.165) is 57.7 Å². The number of fused-ring (bicyclic) bond motifs is 1. The molecule has 6 rings (SSSR count). The Labute approximate surface area is 258 Å². The van der Waals surface area contributed by atoms with E-state index >= 15 is 0 Å². The number of hydrogen-bond donors (Lipinski definition) is 0. The van der Waals surface area contributed by atoms with Gasteiger partial charge in [-0.2, -0.15) is 0 Å². The van der Waals surface area contributed by atoms with Crippen LogP contribution in [0.4, 0.5) is 5.69 Å². The molecule has 0 amide bonds. The zero-order valence-electron chi connectivity index (χ0n) is 25.1. The van der Waals surface area contributed by atoms with Crippen molar-refractivity contribution in [2.45, 2.75) is 30.9 Å². The third-order valence-electron chi connectivity index (χ3n) is 8.33.